The van der Waals surface area contributed by atoms with Gasteiger partial charge in [0.2, 0.25) is 10.0 Å². The molecule has 1 fully saturated rings. The Balaban J connectivity index is 1.23. The van der Waals surface area contributed by atoms with Gasteiger partial charge in [0.15, 0.2) is 0 Å². The molecule has 0 aliphatic carbocycles. The molecule has 0 bridgehead atoms. The van der Waals surface area contributed by atoms with Crippen molar-refractivity contribution >= 4 is 21.6 Å². The lowest BCUT2D eigenvalue weighted by molar-refractivity contribution is -0.00122. The second-order valence-electron chi connectivity index (χ2n) is 12.5. The van der Waals surface area contributed by atoms with E-state index in [1.165, 1.54) is 16.6 Å². The fraction of sp³-hybridized carbons (Fsp3) is 0.378. The lowest BCUT2D eigenvalue weighted by atomic mass is 10.0. The maximum Gasteiger partial charge on any atom is 0.211 e. The fourth-order valence-electron chi connectivity index (χ4n) is 6.32. The topological polar surface area (TPSA) is 79.7 Å². The van der Waals surface area contributed by atoms with Crippen molar-refractivity contribution in [2.45, 2.75) is 52.0 Å². The third-order valence-corrected chi connectivity index (χ3v) is 10.6. The molecule has 2 aliphatic heterocycles. The Morgan fingerprint density at radius 1 is 1.04 bits per heavy atom. The van der Waals surface area contributed by atoms with Gasteiger partial charge in [0.1, 0.15) is 5.82 Å². The predicted molar refractivity (Wildman–Crippen MR) is 187 cm³/mol. The molecular formula is C37H41ClFN5O3S. The van der Waals surface area contributed by atoms with Gasteiger partial charge < -0.3 is 10.1 Å². The molecule has 0 saturated carbocycles. The molecule has 0 radical (unpaired) electrons. The summed E-state index contributed by atoms with van der Waals surface area (Å²) in [5.41, 5.74) is 6.50. The highest BCUT2D eigenvalue weighted by molar-refractivity contribution is 7.88. The van der Waals surface area contributed by atoms with Gasteiger partial charge in [-0.1, -0.05) is 59.8 Å². The minimum atomic E-state index is -3.37. The van der Waals surface area contributed by atoms with Crippen molar-refractivity contribution in [3.63, 3.8) is 0 Å². The first-order valence-corrected chi connectivity index (χ1v) is 18.6. The van der Waals surface area contributed by atoms with Crippen LogP contribution in [0.15, 0.2) is 66.7 Å². The first-order chi connectivity index (χ1) is 23.2. The van der Waals surface area contributed by atoms with E-state index < -0.39 is 10.0 Å². The molecule has 1 aromatic heterocycles. The van der Waals surface area contributed by atoms with Gasteiger partial charge in [-0.25, -0.2) is 12.8 Å². The molecule has 3 aromatic carbocycles. The van der Waals surface area contributed by atoms with E-state index in [-0.39, 0.29) is 12.4 Å². The van der Waals surface area contributed by atoms with E-state index in [0.717, 1.165) is 67.3 Å². The van der Waals surface area contributed by atoms with Crippen LogP contribution in [0.2, 0.25) is 5.02 Å². The van der Waals surface area contributed by atoms with E-state index in [1.54, 1.807) is 18.2 Å². The second-order valence-corrected chi connectivity index (χ2v) is 14.9. The zero-order valence-electron chi connectivity index (χ0n) is 27.4. The summed E-state index contributed by atoms with van der Waals surface area (Å²) in [6.45, 7) is 7.99. The van der Waals surface area contributed by atoms with Gasteiger partial charge in [-0.2, -0.15) is 9.40 Å². The number of nitrogens with zero attached hydrogens (tertiary/aromatic N) is 4. The summed E-state index contributed by atoms with van der Waals surface area (Å²) in [5, 5.41) is 8.84. The van der Waals surface area contributed by atoms with E-state index in [2.05, 4.69) is 33.7 Å². The highest BCUT2D eigenvalue weighted by Gasteiger charge is 2.30. The van der Waals surface area contributed by atoms with Crippen LogP contribution in [0.4, 0.5) is 4.39 Å². The van der Waals surface area contributed by atoms with Gasteiger partial charge in [-0.05, 0) is 49.2 Å². The van der Waals surface area contributed by atoms with Gasteiger partial charge in [-0.15, -0.1) is 0 Å². The number of benzene rings is 3. The van der Waals surface area contributed by atoms with Crippen molar-refractivity contribution in [2.75, 3.05) is 39.1 Å². The first-order valence-electron chi connectivity index (χ1n) is 16.4. The maximum absolute atomic E-state index is 14.6. The number of ether oxygens (including phenoxy) is 1. The van der Waals surface area contributed by atoms with Crippen LogP contribution in [0.3, 0.4) is 0 Å². The molecule has 8 nitrogen and oxygen atoms in total. The lowest BCUT2D eigenvalue weighted by Crippen LogP contribution is -2.44. The van der Waals surface area contributed by atoms with Gasteiger partial charge in [0.25, 0.3) is 0 Å². The summed E-state index contributed by atoms with van der Waals surface area (Å²) in [7, 11) is -3.37. The average molecular weight is 690 g/mol. The van der Waals surface area contributed by atoms with Crippen molar-refractivity contribution in [3.05, 3.63) is 111 Å². The molecule has 2 aliphatic rings. The van der Waals surface area contributed by atoms with E-state index in [0.29, 0.717) is 53.8 Å². The molecule has 1 saturated heterocycles. The van der Waals surface area contributed by atoms with Crippen LogP contribution in [0.25, 0.3) is 11.3 Å². The van der Waals surface area contributed by atoms with Crippen molar-refractivity contribution in [3.8, 4) is 23.1 Å². The zero-order chi connectivity index (χ0) is 33.7. The Morgan fingerprint density at radius 3 is 2.67 bits per heavy atom. The van der Waals surface area contributed by atoms with Crippen molar-refractivity contribution in [1.29, 1.82) is 0 Å². The summed E-state index contributed by atoms with van der Waals surface area (Å²) in [6.07, 6.45) is 2.77. The number of morpholine rings is 1. The maximum atomic E-state index is 14.6. The summed E-state index contributed by atoms with van der Waals surface area (Å²) in [4.78, 5) is 2.45. The van der Waals surface area contributed by atoms with Crippen molar-refractivity contribution < 1.29 is 17.5 Å². The number of halogens is 2. The molecule has 1 N–H and O–H groups in total. The third-order valence-electron chi connectivity index (χ3n) is 9.00. The summed E-state index contributed by atoms with van der Waals surface area (Å²) >= 11 is 6.62. The summed E-state index contributed by atoms with van der Waals surface area (Å²) < 4.78 is 48.9. The first kappa shape index (κ1) is 34.3. The van der Waals surface area contributed by atoms with Crippen LogP contribution < -0.4 is 5.32 Å². The Labute approximate surface area is 287 Å². The van der Waals surface area contributed by atoms with Gasteiger partial charge >= 0.3 is 0 Å². The minimum absolute atomic E-state index is 0.268. The van der Waals surface area contributed by atoms with Crippen molar-refractivity contribution in [2.24, 2.45) is 0 Å². The van der Waals surface area contributed by atoms with E-state index in [1.807, 2.05) is 42.5 Å². The van der Waals surface area contributed by atoms with Gasteiger partial charge in [0.05, 0.1) is 30.2 Å². The average Bonchev–Trinajstić information content (AvgIpc) is 3.44. The molecule has 11 heteroatoms. The quantitative estimate of drug-likeness (QED) is 0.223. The Kier molecular flexibility index (Phi) is 11.0. The normalized spacial score (nSPS) is 17.1. The Bertz CT molecular complexity index is 1920. The molecule has 0 amide bonds. The number of fused-ring (bicyclic) bond motifs is 1. The van der Waals surface area contributed by atoms with E-state index >= 15 is 0 Å². The van der Waals surface area contributed by atoms with Crippen molar-refractivity contribution in [1.82, 2.24) is 24.3 Å². The SMILES string of the molecule is C[C@H]1COCCN1CCCn1nc(-c2ccc(Cl)c(C#Cc3ccc(F)c(CNCc4ccccc4)c3)c2)c2c1CCN(S(C)(=O)=O)C2. The number of nitrogens with one attached hydrogen (secondary N) is 1. The minimum Gasteiger partial charge on any atom is -0.379 e. The largest absolute Gasteiger partial charge is 0.379 e. The lowest BCUT2D eigenvalue weighted by Gasteiger charge is -2.33. The highest BCUT2D eigenvalue weighted by atomic mass is 35.5. The van der Waals surface area contributed by atoms with Crippen LogP contribution in [-0.4, -0.2) is 72.5 Å². The molecule has 4 aromatic rings. The fourth-order valence-corrected chi connectivity index (χ4v) is 7.27. The number of hydrogen-bond acceptors (Lipinski definition) is 6. The van der Waals surface area contributed by atoms with Crippen LogP contribution in [0.1, 0.15) is 46.9 Å². The van der Waals surface area contributed by atoms with E-state index in [9.17, 15) is 12.8 Å². The highest BCUT2D eigenvalue weighted by Crippen LogP contribution is 2.33. The predicted octanol–water partition coefficient (Wildman–Crippen LogP) is 5.46. The zero-order valence-corrected chi connectivity index (χ0v) is 29.0. The number of aryl methyl sites for hydroxylation is 1. The third kappa shape index (κ3) is 8.35. The second kappa shape index (κ2) is 15.3. The van der Waals surface area contributed by atoms with E-state index in [4.69, 9.17) is 21.4 Å². The Morgan fingerprint density at radius 2 is 1.88 bits per heavy atom. The molecule has 3 heterocycles. The summed E-state index contributed by atoms with van der Waals surface area (Å²) in [6, 6.07) is 20.8. The summed E-state index contributed by atoms with van der Waals surface area (Å²) in [5.74, 6) is 6.05. The standard InChI is InChI=1S/C37H41ClFN5O3S/c1-27-26-47-20-19-42(27)16-6-17-44-36-15-18-43(48(2,45)46)25-33(36)37(41-44)31-12-13-34(38)30(22-31)11-9-28-10-14-35(39)32(21-28)24-40-23-29-7-4-3-5-8-29/h3-5,7-8,10,12-14,21-22,27,40H,6,15-20,23-26H2,1-2H3/t27-/m0/s1. The van der Waals surface area contributed by atoms with Crippen LogP contribution in [-0.2, 0) is 47.4 Å². The van der Waals surface area contributed by atoms with Gasteiger partial charge in [-0.3, -0.25) is 9.58 Å². The Hall–Kier alpha value is -3.56. The molecule has 0 spiro atoms. The molecule has 1 atom stereocenters. The number of sulfonamides is 1. The van der Waals surface area contributed by atoms with Crippen LogP contribution in [0.5, 0.6) is 0 Å². The smallest absolute Gasteiger partial charge is 0.211 e. The number of aromatic nitrogens is 2. The molecule has 252 valence electrons. The number of rotatable bonds is 10. The number of hydrogen-bond donors (Lipinski definition) is 1. The van der Waals surface area contributed by atoms with Gasteiger partial charge in [0, 0.05) is 91.8 Å². The molecule has 48 heavy (non-hydrogen) atoms. The van der Waals surface area contributed by atoms with Crippen LogP contribution >= 0.6 is 11.6 Å². The molecular weight excluding hydrogens is 649 g/mol. The van der Waals surface area contributed by atoms with Crippen LogP contribution in [0, 0.1) is 17.7 Å². The molecule has 6 rings (SSSR count). The monoisotopic (exact) mass is 689 g/mol. The molecule has 0 unspecified atom stereocenters.